The van der Waals surface area contributed by atoms with E-state index < -0.39 is 12.1 Å². The van der Waals surface area contributed by atoms with Crippen molar-refractivity contribution in [2.24, 2.45) is 5.92 Å². The van der Waals surface area contributed by atoms with Gasteiger partial charge in [0.15, 0.2) is 6.10 Å². The van der Waals surface area contributed by atoms with E-state index in [4.69, 9.17) is 13.9 Å². The normalized spacial score (nSPS) is 15.6. The molecule has 0 N–H and O–H groups in total. The Morgan fingerprint density at radius 2 is 1.74 bits per heavy atom. The van der Waals surface area contributed by atoms with Crippen LogP contribution in [0.4, 0.5) is 0 Å². The van der Waals surface area contributed by atoms with Crippen LogP contribution in [0, 0.1) is 5.92 Å². The first-order chi connectivity index (χ1) is 15.0. The first kappa shape index (κ1) is 21.0. The Kier molecular flexibility index (Phi) is 6.26. The van der Waals surface area contributed by atoms with Crippen LogP contribution < -0.4 is 4.74 Å². The van der Waals surface area contributed by atoms with Gasteiger partial charge in [-0.15, -0.1) is 0 Å². The van der Waals surface area contributed by atoms with Crippen LogP contribution in [0.25, 0.3) is 11.0 Å². The van der Waals surface area contributed by atoms with Crippen molar-refractivity contribution in [3.05, 3.63) is 65.9 Å². The van der Waals surface area contributed by atoms with Crippen molar-refractivity contribution in [1.82, 2.24) is 4.90 Å². The number of fused-ring (bicyclic) bond motifs is 1. The molecule has 3 aromatic rings. The van der Waals surface area contributed by atoms with Crippen LogP contribution in [-0.4, -0.2) is 36.0 Å². The fourth-order valence-electron chi connectivity index (χ4n) is 3.83. The lowest BCUT2D eigenvalue weighted by Gasteiger charge is -2.31. The highest BCUT2D eigenvalue weighted by molar-refractivity contribution is 5.97. The van der Waals surface area contributed by atoms with Gasteiger partial charge in [0.25, 0.3) is 5.91 Å². The summed E-state index contributed by atoms with van der Waals surface area (Å²) in [4.78, 5) is 27.5. The number of carbonyl (C=O) groups excluding carboxylic acids is 2. The smallest absolute Gasteiger partial charge is 0.375 e. The van der Waals surface area contributed by atoms with Crippen molar-refractivity contribution in [3.63, 3.8) is 0 Å². The average molecular weight is 421 g/mol. The topological polar surface area (TPSA) is 69.0 Å². The van der Waals surface area contributed by atoms with Gasteiger partial charge in [-0.2, -0.15) is 0 Å². The molecule has 1 amide bonds. The first-order valence-corrected chi connectivity index (χ1v) is 10.7. The maximum absolute atomic E-state index is 13.0. The predicted octanol–water partition coefficient (Wildman–Crippen LogP) is 4.82. The van der Waals surface area contributed by atoms with E-state index in [1.807, 2.05) is 48.5 Å². The number of hydrogen-bond donors (Lipinski definition) is 0. The Hall–Kier alpha value is -3.28. The SMILES string of the molecule is CC1CCN(C(=O)[C@@H](C)OC(=O)c2oc3ccccc3c2COc2ccccc2)CC1. The van der Waals surface area contributed by atoms with Crippen molar-refractivity contribution in [2.75, 3.05) is 13.1 Å². The molecule has 0 aliphatic carbocycles. The number of piperidine rings is 1. The Bertz CT molecular complexity index is 1050. The molecule has 2 heterocycles. The molecule has 0 unspecified atom stereocenters. The lowest BCUT2D eigenvalue weighted by atomic mass is 9.99. The van der Waals surface area contributed by atoms with Crippen LogP contribution in [0.15, 0.2) is 59.0 Å². The van der Waals surface area contributed by atoms with Gasteiger partial charge in [0.2, 0.25) is 5.76 Å². The molecule has 2 aromatic carbocycles. The Morgan fingerprint density at radius 3 is 2.48 bits per heavy atom. The number of ether oxygens (including phenoxy) is 2. The summed E-state index contributed by atoms with van der Waals surface area (Å²) in [6.07, 6.45) is 1.06. The molecule has 4 rings (SSSR count). The van der Waals surface area contributed by atoms with Gasteiger partial charge in [0.05, 0.1) is 5.56 Å². The number of likely N-dealkylation sites (tertiary alicyclic amines) is 1. The minimum atomic E-state index is -0.878. The van der Waals surface area contributed by atoms with Crippen molar-refractivity contribution in [1.29, 1.82) is 0 Å². The summed E-state index contributed by atoms with van der Waals surface area (Å²) in [5.74, 6) is 0.552. The van der Waals surface area contributed by atoms with Gasteiger partial charge in [0.1, 0.15) is 17.9 Å². The minimum Gasteiger partial charge on any atom is -0.489 e. The lowest BCUT2D eigenvalue weighted by molar-refractivity contribution is -0.141. The molecule has 162 valence electrons. The van der Waals surface area contributed by atoms with Gasteiger partial charge in [-0.25, -0.2) is 4.79 Å². The van der Waals surface area contributed by atoms with Gasteiger partial charge in [-0.05, 0) is 43.9 Å². The molecule has 1 aromatic heterocycles. The van der Waals surface area contributed by atoms with Crippen LogP contribution in [0.3, 0.4) is 0 Å². The molecular weight excluding hydrogens is 394 g/mol. The molecule has 6 heteroatoms. The number of furan rings is 1. The van der Waals surface area contributed by atoms with E-state index in [1.54, 1.807) is 17.9 Å². The maximum Gasteiger partial charge on any atom is 0.375 e. The van der Waals surface area contributed by atoms with E-state index in [1.165, 1.54) is 0 Å². The van der Waals surface area contributed by atoms with E-state index in [9.17, 15) is 9.59 Å². The second-order valence-corrected chi connectivity index (χ2v) is 8.06. The number of hydrogen-bond acceptors (Lipinski definition) is 5. The molecule has 1 fully saturated rings. The molecule has 0 radical (unpaired) electrons. The third kappa shape index (κ3) is 4.74. The zero-order valence-electron chi connectivity index (χ0n) is 17.9. The molecule has 0 saturated carbocycles. The Balaban J connectivity index is 1.51. The second-order valence-electron chi connectivity index (χ2n) is 8.06. The first-order valence-electron chi connectivity index (χ1n) is 10.7. The summed E-state index contributed by atoms with van der Waals surface area (Å²) in [7, 11) is 0. The number of para-hydroxylation sites is 2. The molecule has 6 nitrogen and oxygen atoms in total. The van der Waals surface area contributed by atoms with Crippen molar-refractivity contribution in [3.8, 4) is 5.75 Å². The Morgan fingerprint density at radius 1 is 1.06 bits per heavy atom. The van der Waals surface area contributed by atoms with E-state index in [0.29, 0.717) is 35.9 Å². The quantitative estimate of drug-likeness (QED) is 0.534. The Labute approximate surface area is 181 Å². The molecule has 1 aliphatic heterocycles. The maximum atomic E-state index is 13.0. The van der Waals surface area contributed by atoms with Gasteiger partial charge < -0.3 is 18.8 Å². The average Bonchev–Trinajstić information content (AvgIpc) is 3.17. The van der Waals surface area contributed by atoms with Crippen molar-refractivity contribution in [2.45, 2.75) is 39.4 Å². The summed E-state index contributed by atoms with van der Waals surface area (Å²) in [5, 5.41) is 0.786. The van der Waals surface area contributed by atoms with E-state index >= 15 is 0 Å². The molecule has 1 aliphatic rings. The van der Waals surface area contributed by atoms with Gasteiger partial charge in [-0.1, -0.05) is 43.3 Å². The minimum absolute atomic E-state index is 0.0732. The van der Waals surface area contributed by atoms with Crippen LogP contribution in [0.1, 0.15) is 42.8 Å². The molecule has 1 atom stereocenters. The number of nitrogens with zero attached hydrogens (tertiary/aromatic N) is 1. The highest BCUT2D eigenvalue weighted by Crippen LogP contribution is 2.28. The number of benzene rings is 2. The summed E-state index contributed by atoms with van der Waals surface area (Å²) in [6.45, 7) is 5.34. The predicted molar refractivity (Wildman–Crippen MR) is 117 cm³/mol. The summed E-state index contributed by atoms with van der Waals surface area (Å²) in [5.41, 5.74) is 1.18. The fourth-order valence-corrected chi connectivity index (χ4v) is 3.83. The standard InChI is InChI=1S/C25H27NO5/c1-17-12-14-26(15-13-17)24(27)18(2)30-25(28)23-21(16-29-19-8-4-3-5-9-19)20-10-6-7-11-22(20)31-23/h3-11,17-18H,12-16H2,1-2H3/t18-/m1/s1. The lowest BCUT2D eigenvalue weighted by Crippen LogP contribution is -2.44. The highest BCUT2D eigenvalue weighted by atomic mass is 16.6. The molecular formula is C25H27NO5. The van der Waals surface area contributed by atoms with Crippen LogP contribution >= 0.6 is 0 Å². The second kappa shape index (κ2) is 9.25. The number of rotatable bonds is 6. The molecule has 0 spiro atoms. The van der Waals surface area contributed by atoms with Gasteiger partial charge in [0, 0.05) is 18.5 Å². The summed E-state index contributed by atoms with van der Waals surface area (Å²) in [6, 6.07) is 16.8. The van der Waals surface area contributed by atoms with E-state index in [-0.39, 0.29) is 18.3 Å². The van der Waals surface area contributed by atoms with Gasteiger partial charge in [-0.3, -0.25) is 4.79 Å². The zero-order chi connectivity index (χ0) is 21.8. The largest absolute Gasteiger partial charge is 0.489 e. The third-order valence-corrected chi connectivity index (χ3v) is 5.74. The molecule has 31 heavy (non-hydrogen) atoms. The molecule has 1 saturated heterocycles. The monoisotopic (exact) mass is 421 g/mol. The summed E-state index contributed by atoms with van der Waals surface area (Å²) < 4.78 is 17.2. The zero-order valence-corrected chi connectivity index (χ0v) is 17.9. The number of carbonyl (C=O) groups is 2. The van der Waals surface area contributed by atoms with Crippen LogP contribution in [-0.2, 0) is 16.1 Å². The van der Waals surface area contributed by atoms with Crippen LogP contribution in [0.2, 0.25) is 0 Å². The van der Waals surface area contributed by atoms with Crippen molar-refractivity contribution < 1.29 is 23.5 Å². The third-order valence-electron chi connectivity index (χ3n) is 5.74. The van der Waals surface area contributed by atoms with E-state index in [2.05, 4.69) is 6.92 Å². The summed E-state index contributed by atoms with van der Waals surface area (Å²) >= 11 is 0. The van der Waals surface area contributed by atoms with Crippen LogP contribution in [0.5, 0.6) is 5.75 Å². The molecule has 0 bridgehead atoms. The van der Waals surface area contributed by atoms with Crippen molar-refractivity contribution >= 4 is 22.8 Å². The number of amides is 1. The highest BCUT2D eigenvalue weighted by Gasteiger charge is 2.30. The van der Waals surface area contributed by atoms with E-state index in [0.717, 1.165) is 18.2 Å². The van der Waals surface area contributed by atoms with Gasteiger partial charge >= 0.3 is 5.97 Å². The number of esters is 1. The fraction of sp³-hybridized carbons (Fsp3) is 0.360.